The van der Waals surface area contributed by atoms with Gasteiger partial charge in [-0.3, -0.25) is 14.3 Å². The van der Waals surface area contributed by atoms with Crippen LogP contribution in [0.15, 0.2) is 53.4 Å². The second-order valence-electron chi connectivity index (χ2n) is 4.60. The molecule has 0 unspecified atom stereocenters. The van der Waals surface area contributed by atoms with Crippen LogP contribution >= 0.6 is 28.8 Å². The standard InChI is InChI=1S/C15H11BrN4O2S/c16-10-4-5-13(20-9-18-19-14(20)8-22-23)11(7-10)15(21)12-3-1-2-6-17-12/h1-7,9,23H,8H2. The van der Waals surface area contributed by atoms with Gasteiger partial charge in [-0.2, -0.15) is 0 Å². The molecule has 0 amide bonds. The van der Waals surface area contributed by atoms with Crippen molar-refractivity contribution in [3.8, 4) is 5.69 Å². The van der Waals surface area contributed by atoms with E-state index in [-0.39, 0.29) is 12.4 Å². The van der Waals surface area contributed by atoms with E-state index < -0.39 is 0 Å². The van der Waals surface area contributed by atoms with Gasteiger partial charge < -0.3 is 4.18 Å². The average Bonchev–Trinajstić information content (AvgIpc) is 3.03. The van der Waals surface area contributed by atoms with E-state index in [4.69, 9.17) is 4.18 Å². The van der Waals surface area contributed by atoms with Crippen LogP contribution in [0.3, 0.4) is 0 Å². The highest BCUT2D eigenvalue weighted by Gasteiger charge is 2.18. The first kappa shape index (κ1) is 15.9. The van der Waals surface area contributed by atoms with Crippen LogP contribution in [0.5, 0.6) is 0 Å². The first-order chi connectivity index (χ1) is 11.2. The Labute approximate surface area is 146 Å². The molecule has 3 rings (SSSR count). The molecule has 1 aromatic carbocycles. The van der Waals surface area contributed by atoms with Gasteiger partial charge in [-0.25, -0.2) is 0 Å². The molecule has 0 bridgehead atoms. The summed E-state index contributed by atoms with van der Waals surface area (Å²) in [6.45, 7) is 0.163. The molecule has 6 nitrogen and oxygen atoms in total. The lowest BCUT2D eigenvalue weighted by atomic mass is 10.1. The summed E-state index contributed by atoms with van der Waals surface area (Å²) < 4.78 is 7.31. The molecule has 116 valence electrons. The molecule has 23 heavy (non-hydrogen) atoms. The van der Waals surface area contributed by atoms with Gasteiger partial charge in [0.1, 0.15) is 18.6 Å². The van der Waals surface area contributed by atoms with Crippen LogP contribution in [-0.4, -0.2) is 25.5 Å². The number of ketones is 1. The third-order valence-electron chi connectivity index (χ3n) is 3.17. The van der Waals surface area contributed by atoms with Crippen LogP contribution in [0.4, 0.5) is 0 Å². The Bertz CT molecular complexity index is 839. The molecule has 0 aliphatic carbocycles. The van der Waals surface area contributed by atoms with Gasteiger partial charge in [0, 0.05) is 16.2 Å². The maximum atomic E-state index is 12.8. The largest absolute Gasteiger partial charge is 0.310 e. The maximum absolute atomic E-state index is 12.8. The Balaban J connectivity index is 2.12. The summed E-state index contributed by atoms with van der Waals surface area (Å²) in [5.41, 5.74) is 1.50. The van der Waals surface area contributed by atoms with Gasteiger partial charge in [0.15, 0.2) is 5.82 Å². The first-order valence-corrected chi connectivity index (χ1v) is 7.77. The van der Waals surface area contributed by atoms with Gasteiger partial charge in [-0.15, -0.1) is 10.2 Å². The summed E-state index contributed by atoms with van der Waals surface area (Å²) in [5.74, 6) is 0.353. The minimum atomic E-state index is -0.187. The van der Waals surface area contributed by atoms with Gasteiger partial charge in [-0.1, -0.05) is 22.0 Å². The molecule has 0 fully saturated rings. The number of hydrogen-bond donors (Lipinski definition) is 1. The van der Waals surface area contributed by atoms with E-state index in [2.05, 4.69) is 44.0 Å². The van der Waals surface area contributed by atoms with Crippen LogP contribution in [0.2, 0.25) is 0 Å². The van der Waals surface area contributed by atoms with E-state index in [1.54, 1.807) is 35.0 Å². The zero-order valence-electron chi connectivity index (χ0n) is 11.8. The van der Waals surface area contributed by atoms with E-state index in [9.17, 15) is 4.79 Å². The Morgan fingerprint density at radius 2 is 2.17 bits per heavy atom. The first-order valence-electron chi connectivity index (χ1n) is 6.61. The fraction of sp³-hybridized carbons (Fsp3) is 0.0667. The Morgan fingerprint density at radius 1 is 1.30 bits per heavy atom. The third-order valence-corrected chi connectivity index (χ3v) is 3.79. The molecule has 0 aliphatic rings. The van der Waals surface area contributed by atoms with Gasteiger partial charge >= 0.3 is 0 Å². The molecule has 0 atom stereocenters. The second kappa shape index (κ2) is 7.03. The average molecular weight is 391 g/mol. The highest BCUT2D eigenvalue weighted by atomic mass is 79.9. The number of rotatable bonds is 5. The molecule has 0 N–H and O–H groups in total. The van der Waals surface area contributed by atoms with Crippen molar-refractivity contribution in [2.45, 2.75) is 6.61 Å². The minimum absolute atomic E-state index is 0.163. The number of thiol groups is 1. The number of pyridine rings is 1. The third kappa shape index (κ3) is 3.34. The minimum Gasteiger partial charge on any atom is -0.310 e. The van der Waals surface area contributed by atoms with Crippen molar-refractivity contribution < 1.29 is 8.98 Å². The molecule has 0 saturated carbocycles. The maximum Gasteiger partial charge on any atom is 0.213 e. The Kier molecular flexibility index (Phi) is 4.85. The van der Waals surface area contributed by atoms with Crippen molar-refractivity contribution in [1.82, 2.24) is 19.7 Å². The SMILES string of the molecule is O=C(c1ccccn1)c1cc(Br)ccc1-n1cnnc1COS. The molecule has 2 heterocycles. The Morgan fingerprint density at radius 3 is 2.91 bits per heavy atom. The zero-order valence-corrected chi connectivity index (χ0v) is 14.2. The number of carbonyl (C=O) groups excluding carboxylic acids is 1. The zero-order chi connectivity index (χ0) is 16.2. The van der Waals surface area contributed by atoms with Crippen molar-refractivity contribution in [3.05, 3.63) is 70.5 Å². The number of hydrogen-bond acceptors (Lipinski definition) is 6. The molecule has 0 radical (unpaired) electrons. The van der Waals surface area contributed by atoms with Crippen LogP contribution < -0.4 is 0 Å². The molecule has 8 heteroatoms. The topological polar surface area (TPSA) is 69.9 Å². The van der Waals surface area contributed by atoms with Gasteiger partial charge in [0.2, 0.25) is 5.78 Å². The molecule has 3 aromatic rings. The molecule has 0 spiro atoms. The number of nitrogens with zero attached hydrogens (tertiary/aromatic N) is 4. The van der Waals surface area contributed by atoms with Crippen LogP contribution in [0, 0.1) is 0 Å². The summed E-state index contributed by atoms with van der Waals surface area (Å²) >= 11 is 7.14. The highest BCUT2D eigenvalue weighted by Crippen LogP contribution is 2.23. The van der Waals surface area contributed by atoms with E-state index in [0.717, 1.165) is 4.47 Å². The summed E-state index contributed by atoms with van der Waals surface area (Å²) in [7, 11) is 0. The smallest absolute Gasteiger partial charge is 0.213 e. The van der Waals surface area contributed by atoms with Crippen molar-refractivity contribution in [2.24, 2.45) is 0 Å². The molecule has 0 saturated heterocycles. The molecular weight excluding hydrogens is 380 g/mol. The summed E-state index contributed by atoms with van der Waals surface area (Å²) in [6.07, 6.45) is 3.12. The van der Waals surface area contributed by atoms with E-state index >= 15 is 0 Å². The number of aromatic nitrogens is 4. The lowest BCUT2D eigenvalue weighted by Crippen LogP contribution is -2.10. The van der Waals surface area contributed by atoms with Crippen LogP contribution in [0.25, 0.3) is 5.69 Å². The van der Waals surface area contributed by atoms with E-state index in [1.807, 2.05) is 12.1 Å². The lowest BCUT2D eigenvalue weighted by Gasteiger charge is -2.11. The van der Waals surface area contributed by atoms with Crippen LogP contribution in [-0.2, 0) is 10.8 Å². The molecule has 2 aromatic heterocycles. The van der Waals surface area contributed by atoms with Crippen molar-refractivity contribution in [2.75, 3.05) is 0 Å². The fourth-order valence-electron chi connectivity index (χ4n) is 2.15. The van der Waals surface area contributed by atoms with Gasteiger partial charge in [-0.05, 0) is 43.2 Å². The van der Waals surface area contributed by atoms with Crippen molar-refractivity contribution in [3.63, 3.8) is 0 Å². The summed E-state index contributed by atoms with van der Waals surface area (Å²) in [4.78, 5) is 16.9. The molecule has 0 aliphatic heterocycles. The predicted molar refractivity (Wildman–Crippen MR) is 90.5 cm³/mol. The highest BCUT2D eigenvalue weighted by molar-refractivity contribution is 9.10. The second-order valence-corrected chi connectivity index (χ2v) is 5.77. The van der Waals surface area contributed by atoms with Gasteiger partial charge in [0.25, 0.3) is 0 Å². The van der Waals surface area contributed by atoms with Crippen molar-refractivity contribution >= 4 is 34.6 Å². The van der Waals surface area contributed by atoms with E-state index in [1.165, 1.54) is 6.33 Å². The fourth-order valence-corrected chi connectivity index (χ4v) is 2.63. The molecular formula is C15H11BrN4O2S. The summed E-state index contributed by atoms with van der Waals surface area (Å²) in [6, 6.07) is 10.6. The number of halogens is 1. The van der Waals surface area contributed by atoms with Crippen LogP contribution in [0.1, 0.15) is 21.9 Å². The lowest BCUT2D eigenvalue weighted by molar-refractivity contribution is 0.103. The van der Waals surface area contributed by atoms with Crippen molar-refractivity contribution in [1.29, 1.82) is 0 Å². The predicted octanol–water partition coefficient (Wildman–Crippen LogP) is 3.02. The normalized spacial score (nSPS) is 10.7. The summed E-state index contributed by atoms with van der Waals surface area (Å²) in [5, 5.41) is 7.85. The quantitative estimate of drug-likeness (QED) is 0.411. The monoisotopic (exact) mass is 390 g/mol. The number of benzene rings is 1. The Hall–Kier alpha value is -2.03. The van der Waals surface area contributed by atoms with Gasteiger partial charge in [0.05, 0.1) is 5.69 Å². The number of carbonyl (C=O) groups is 1. The van der Waals surface area contributed by atoms with E-state index in [0.29, 0.717) is 22.8 Å².